The van der Waals surface area contributed by atoms with Gasteiger partial charge < -0.3 is 5.32 Å². The van der Waals surface area contributed by atoms with E-state index in [9.17, 15) is 21.6 Å². The lowest BCUT2D eigenvalue weighted by Gasteiger charge is -2.10. The molecule has 11 nitrogen and oxygen atoms in total. The zero-order valence-electron chi connectivity index (χ0n) is 20.1. The molecule has 2 aromatic heterocycles. The summed E-state index contributed by atoms with van der Waals surface area (Å²) in [6.07, 6.45) is 2.47. The second-order valence-electron chi connectivity index (χ2n) is 8.20. The molecular formula is C24H21ClN6O5S2. The van der Waals surface area contributed by atoms with Crippen molar-refractivity contribution in [2.45, 2.75) is 29.7 Å². The summed E-state index contributed by atoms with van der Waals surface area (Å²) in [5, 5.41) is 1.83. The fourth-order valence-corrected chi connectivity index (χ4v) is 5.65. The summed E-state index contributed by atoms with van der Waals surface area (Å²) in [5.41, 5.74) is 1.91. The van der Waals surface area contributed by atoms with Crippen molar-refractivity contribution in [1.82, 2.24) is 19.9 Å². The van der Waals surface area contributed by atoms with Crippen LogP contribution in [-0.2, 0) is 25.6 Å². The highest BCUT2D eigenvalue weighted by molar-refractivity contribution is 7.92. The predicted molar refractivity (Wildman–Crippen MR) is 141 cm³/mol. The molecule has 196 valence electrons. The third kappa shape index (κ3) is 6.49. The van der Waals surface area contributed by atoms with Crippen molar-refractivity contribution in [3.63, 3.8) is 0 Å². The fourth-order valence-electron chi connectivity index (χ4n) is 3.33. The van der Waals surface area contributed by atoms with Gasteiger partial charge in [0.1, 0.15) is 0 Å². The first-order valence-corrected chi connectivity index (χ1v) is 14.5. The highest BCUT2D eigenvalue weighted by Gasteiger charge is 2.23. The molecule has 0 atom stereocenters. The van der Waals surface area contributed by atoms with Crippen LogP contribution in [0.25, 0.3) is 0 Å². The van der Waals surface area contributed by atoms with Crippen LogP contribution < -0.4 is 10.0 Å². The first-order valence-electron chi connectivity index (χ1n) is 11.0. The number of nitrogens with zero attached hydrogens (tertiary/aromatic N) is 4. The molecular weight excluding hydrogens is 552 g/mol. The zero-order valence-corrected chi connectivity index (χ0v) is 22.5. The van der Waals surface area contributed by atoms with E-state index in [4.69, 9.17) is 11.6 Å². The molecule has 2 heterocycles. The van der Waals surface area contributed by atoms with Crippen LogP contribution in [-0.4, -0.2) is 42.7 Å². The van der Waals surface area contributed by atoms with Gasteiger partial charge in [0.05, 0.1) is 21.9 Å². The van der Waals surface area contributed by atoms with Gasteiger partial charge in [0, 0.05) is 17.6 Å². The summed E-state index contributed by atoms with van der Waals surface area (Å²) in [6.45, 7) is 3.54. The molecule has 0 spiro atoms. The minimum Gasteiger partial charge on any atom is -0.321 e. The number of hydrogen-bond acceptors (Lipinski definition) is 9. The number of carbonyl (C=O) groups excluding carboxylic acids is 1. The van der Waals surface area contributed by atoms with Crippen molar-refractivity contribution in [2.75, 3.05) is 10.0 Å². The van der Waals surface area contributed by atoms with Gasteiger partial charge in [-0.05, 0) is 49.7 Å². The molecule has 0 unspecified atom stereocenters. The molecule has 0 fully saturated rings. The Hall–Kier alpha value is -3.94. The van der Waals surface area contributed by atoms with Gasteiger partial charge in [-0.2, -0.15) is 0 Å². The van der Waals surface area contributed by atoms with Crippen LogP contribution in [0.2, 0.25) is 5.02 Å². The van der Waals surface area contributed by atoms with Crippen LogP contribution in [0.1, 0.15) is 27.3 Å². The predicted octanol–water partition coefficient (Wildman–Crippen LogP) is 3.56. The van der Waals surface area contributed by atoms with E-state index in [1.807, 2.05) is 13.0 Å². The maximum absolute atomic E-state index is 12.9. The summed E-state index contributed by atoms with van der Waals surface area (Å²) < 4.78 is 53.3. The normalized spacial score (nSPS) is 11.7. The quantitative estimate of drug-likeness (QED) is 0.301. The molecule has 4 rings (SSSR count). The number of rotatable bonds is 8. The number of sulfone groups is 1. The molecule has 14 heteroatoms. The second kappa shape index (κ2) is 10.8. The molecule has 4 aromatic rings. The van der Waals surface area contributed by atoms with E-state index in [2.05, 4.69) is 30.0 Å². The van der Waals surface area contributed by atoms with Crippen molar-refractivity contribution < 1.29 is 21.6 Å². The van der Waals surface area contributed by atoms with Crippen LogP contribution in [0.5, 0.6) is 0 Å². The average molecular weight is 573 g/mol. The molecule has 0 saturated carbocycles. The lowest BCUT2D eigenvalue weighted by molar-refractivity contribution is 0.102. The summed E-state index contributed by atoms with van der Waals surface area (Å²) in [6, 6.07) is 13.9. The number of carbonyl (C=O) groups is 1. The van der Waals surface area contributed by atoms with Gasteiger partial charge in [-0.3, -0.25) is 4.79 Å². The maximum atomic E-state index is 12.9. The number of benzene rings is 2. The first kappa shape index (κ1) is 27.1. The molecule has 0 aliphatic carbocycles. The SMILES string of the molecule is Cc1cccc(CS(=O)(=O)c2ncc(Cl)c(C(=O)Nc3ccc(S(=O)(=O)Nc4nccc(C)n4)cc3)n2)c1. The number of nitrogens with one attached hydrogen (secondary N) is 2. The van der Waals surface area contributed by atoms with Crippen molar-refractivity contribution >= 4 is 49.0 Å². The highest BCUT2D eigenvalue weighted by atomic mass is 35.5. The number of anilines is 2. The van der Waals surface area contributed by atoms with Crippen LogP contribution >= 0.6 is 11.6 Å². The Kier molecular flexibility index (Phi) is 7.71. The van der Waals surface area contributed by atoms with E-state index in [0.717, 1.165) is 11.8 Å². The number of aryl methyl sites for hydroxylation is 2. The highest BCUT2D eigenvalue weighted by Crippen LogP contribution is 2.21. The lowest BCUT2D eigenvalue weighted by Crippen LogP contribution is -2.18. The maximum Gasteiger partial charge on any atom is 0.275 e. The smallest absolute Gasteiger partial charge is 0.275 e. The summed E-state index contributed by atoms with van der Waals surface area (Å²) in [5.74, 6) is -1.23. The fraction of sp³-hybridized carbons (Fsp3) is 0.125. The van der Waals surface area contributed by atoms with Crippen LogP contribution in [0.15, 0.2) is 77.0 Å². The zero-order chi connectivity index (χ0) is 27.5. The van der Waals surface area contributed by atoms with E-state index in [1.54, 1.807) is 31.2 Å². The third-order valence-corrected chi connectivity index (χ3v) is 8.18. The van der Waals surface area contributed by atoms with Crippen molar-refractivity contribution in [3.05, 3.63) is 94.5 Å². The molecule has 0 aliphatic rings. The number of amides is 1. The summed E-state index contributed by atoms with van der Waals surface area (Å²) >= 11 is 6.08. The number of aromatic nitrogens is 4. The number of halogens is 1. The minimum atomic E-state index is -3.98. The van der Waals surface area contributed by atoms with Crippen molar-refractivity contribution in [2.24, 2.45) is 0 Å². The molecule has 38 heavy (non-hydrogen) atoms. The molecule has 0 saturated heterocycles. The van der Waals surface area contributed by atoms with Crippen LogP contribution in [0.4, 0.5) is 11.6 Å². The molecule has 2 N–H and O–H groups in total. The Labute approximate surface area is 224 Å². The third-order valence-electron chi connectivity index (χ3n) is 5.10. The van der Waals surface area contributed by atoms with Gasteiger partial charge in [-0.1, -0.05) is 41.4 Å². The number of hydrogen-bond donors (Lipinski definition) is 2. The Balaban J connectivity index is 1.50. The number of sulfonamides is 1. The van der Waals surface area contributed by atoms with Crippen molar-refractivity contribution in [3.8, 4) is 0 Å². The Morgan fingerprint density at radius 2 is 1.68 bits per heavy atom. The largest absolute Gasteiger partial charge is 0.321 e. The van der Waals surface area contributed by atoms with E-state index in [1.165, 1.54) is 30.5 Å². The Morgan fingerprint density at radius 3 is 2.37 bits per heavy atom. The van der Waals surface area contributed by atoms with Crippen LogP contribution in [0.3, 0.4) is 0 Å². The first-order chi connectivity index (χ1) is 17.9. The summed E-state index contributed by atoms with van der Waals surface area (Å²) in [7, 11) is -7.95. The van der Waals surface area contributed by atoms with Gasteiger partial charge in [0.2, 0.25) is 20.9 Å². The van der Waals surface area contributed by atoms with Crippen molar-refractivity contribution in [1.29, 1.82) is 0 Å². The lowest BCUT2D eigenvalue weighted by atomic mass is 10.2. The van der Waals surface area contributed by atoms with Gasteiger partial charge >= 0.3 is 0 Å². The topological polar surface area (TPSA) is 161 Å². The average Bonchev–Trinajstić information content (AvgIpc) is 2.84. The molecule has 0 radical (unpaired) electrons. The van der Waals surface area contributed by atoms with Gasteiger partial charge in [0.15, 0.2) is 5.69 Å². The van der Waals surface area contributed by atoms with Crippen LogP contribution in [0, 0.1) is 13.8 Å². The van der Waals surface area contributed by atoms with Gasteiger partial charge in [-0.25, -0.2) is 41.5 Å². The summed E-state index contributed by atoms with van der Waals surface area (Å²) in [4.78, 5) is 28.3. The Bertz CT molecular complexity index is 1730. The molecule has 1 amide bonds. The van der Waals surface area contributed by atoms with Gasteiger partial charge in [0.25, 0.3) is 15.9 Å². The van der Waals surface area contributed by atoms with E-state index in [0.29, 0.717) is 11.3 Å². The van der Waals surface area contributed by atoms with E-state index in [-0.39, 0.29) is 33.0 Å². The Morgan fingerprint density at radius 1 is 0.947 bits per heavy atom. The monoisotopic (exact) mass is 572 g/mol. The minimum absolute atomic E-state index is 0.0751. The van der Waals surface area contributed by atoms with E-state index >= 15 is 0 Å². The molecule has 0 aliphatic heterocycles. The van der Waals surface area contributed by atoms with E-state index < -0.39 is 30.9 Å². The standard InChI is InChI=1S/C24H21ClN6O5S2/c1-15-4-3-5-17(12-15)14-37(33,34)24-27-13-20(25)21(30-24)22(32)29-18-6-8-19(9-7-18)38(35,36)31-23-26-11-10-16(2)28-23/h3-13H,14H2,1-2H3,(H,29,32)(H,26,28,31). The second-order valence-corrected chi connectivity index (χ2v) is 12.2. The molecule has 2 aromatic carbocycles. The molecule has 0 bridgehead atoms. The van der Waals surface area contributed by atoms with Gasteiger partial charge in [-0.15, -0.1) is 0 Å².